The van der Waals surface area contributed by atoms with Crippen LogP contribution in [-0.2, 0) is 6.54 Å². The summed E-state index contributed by atoms with van der Waals surface area (Å²) in [6.45, 7) is 4.58. The van der Waals surface area contributed by atoms with Crippen molar-refractivity contribution in [3.05, 3.63) is 20.8 Å². The smallest absolute Gasteiger partial charge is 0.0328 e. The molecule has 1 heterocycles. The second kappa shape index (κ2) is 7.04. The van der Waals surface area contributed by atoms with E-state index in [-0.39, 0.29) is 0 Å². The summed E-state index contributed by atoms with van der Waals surface area (Å²) in [6, 6.07) is 3.73. The van der Waals surface area contributed by atoms with E-state index in [1.807, 2.05) is 11.3 Å². The Balaban J connectivity index is 1.62. The van der Waals surface area contributed by atoms with E-state index in [1.165, 1.54) is 41.6 Å². The molecule has 1 aromatic heterocycles. The summed E-state index contributed by atoms with van der Waals surface area (Å²) < 4.78 is 1.21. The zero-order chi connectivity index (χ0) is 13.0. The molecule has 1 atom stereocenters. The van der Waals surface area contributed by atoms with Gasteiger partial charge >= 0.3 is 0 Å². The molecule has 1 saturated carbocycles. The number of nitrogens with zero attached hydrogens (tertiary/aromatic N) is 1. The molecular formula is C14H23BrN2S. The fraction of sp³-hybridized carbons (Fsp3) is 0.714. The number of hydrogen-bond acceptors (Lipinski definition) is 3. The van der Waals surface area contributed by atoms with Crippen LogP contribution in [0.5, 0.6) is 0 Å². The van der Waals surface area contributed by atoms with E-state index in [2.05, 4.69) is 51.6 Å². The molecule has 1 N–H and O–H groups in total. The second-order valence-corrected chi connectivity index (χ2v) is 7.28. The highest BCUT2D eigenvalue weighted by Crippen LogP contribution is 2.22. The molecule has 1 aromatic rings. The van der Waals surface area contributed by atoms with Crippen molar-refractivity contribution in [1.82, 2.24) is 10.2 Å². The van der Waals surface area contributed by atoms with Crippen LogP contribution in [0.3, 0.4) is 0 Å². The third-order valence-electron chi connectivity index (χ3n) is 3.59. The lowest BCUT2D eigenvalue weighted by Crippen LogP contribution is -2.29. The van der Waals surface area contributed by atoms with Crippen molar-refractivity contribution in [2.45, 2.75) is 51.2 Å². The molecule has 1 aliphatic rings. The molecule has 1 aliphatic carbocycles. The van der Waals surface area contributed by atoms with Gasteiger partial charge in [0.2, 0.25) is 0 Å². The lowest BCUT2D eigenvalue weighted by atomic mass is 10.1. The van der Waals surface area contributed by atoms with Gasteiger partial charge in [0, 0.05) is 33.4 Å². The van der Waals surface area contributed by atoms with Gasteiger partial charge < -0.3 is 5.32 Å². The summed E-state index contributed by atoms with van der Waals surface area (Å²) >= 11 is 5.35. The van der Waals surface area contributed by atoms with Gasteiger partial charge in [0.15, 0.2) is 0 Å². The molecule has 102 valence electrons. The molecule has 0 saturated heterocycles. The van der Waals surface area contributed by atoms with Gasteiger partial charge in [0.05, 0.1) is 0 Å². The zero-order valence-corrected chi connectivity index (χ0v) is 13.7. The Kier molecular flexibility index (Phi) is 5.67. The summed E-state index contributed by atoms with van der Waals surface area (Å²) in [7, 11) is 2.23. The van der Waals surface area contributed by atoms with Crippen LogP contribution in [0, 0.1) is 0 Å². The molecule has 0 spiro atoms. The minimum Gasteiger partial charge on any atom is -0.314 e. The maximum Gasteiger partial charge on any atom is 0.0328 e. The van der Waals surface area contributed by atoms with Gasteiger partial charge in [0.25, 0.3) is 0 Å². The lowest BCUT2D eigenvalue weighted by molar-refractivity contribution is 0.236. The topological polar surface area (TPSA) is 15.3 Å². The first-order valence-electron chi connectivity index (χ1n) is 6.81. The summed E-state index contributed by atoms with van der Waals surface area (Å²) in [5.41, 5.74) is 0. The Morgan fingerprint density at radius 3 is 2.94 bits per heavy atom. The number of nitrogens with one attached hydrogen (secondary N) is 1. The van der Waals surface area contributed by atoms with Crippen LogP contribution >= 0.6 is 27.3 Å². The first-order valence-corrected chi connectivity index (χ1v) is 8.49. The minimum absolute atomic E-state index is 0.659. The highest BCUT2D eigenvalue weighted by atomic mass is 79.9. The van der Waals surface area contributed by atoms with Gasteiger partial charge in [-0.3, -0.25) is 4.90 Å². The van der Waals surface area contributed by atoms with Crippen molar-refractivity contribution in [3.63, 3.8) is 0 Å². The van der Waals surface area contributed by atoms with Crippen LogP contribution in [-0.4, -0.2) is 30.6 Å². The van der Waals surface area contributed by atoms with Crippen LogP contribution in [0.1, 0.15) is 37.5 Å². The highest BCUT2D eigenvalue weighted by molar-refractivity contribution is 9.10. The average molecular weight is 331 g/mol. The van der Waals surface area contributed by atoms with Gasteiger partial charge in [-0.15, -0.1) is 11.3 Å². The molecule has 0 amide bonds. The highest BCUT2D eigenvalue weighted by Gasteiger charge is 2.19. The third kappa shape index (κ3) is 5.00. The predicted molar refractivity (Wildman–Crippen MR) is 83.2 cm³/mol. The zero-order valence-electron chi connectivity index (χ0n) is 11.3. The Morgan fingerprint density at radius 2 is 2.33 bits per heavy atom. The molecule has 0 aliphatic heterocycles. The molecule has 0 bridgehead atoms. The minimum atomic E-state index is 0.659. The molecule has 2 nitrogen and oxygen atoms in total. The monoisotopic (exact) mass is 330 g/mol. The molecule has 0 radical (unpaired) electrons. The van der Waals surface area contributed by atoms with Crippen molar-refractivity contribution in [1.29, 1.82) is 0 Å². The van der Waals surface area contributed by atoms with Crippen molar-refractivity contribution in [2.75, 3.05) is 13.6 Å². The third-order valence-corrected chi connectivity index (χ3v) is 5.27. The largest absolute Gasteiger partial charge is 0.314 e. The van der Waals surface area contributed by atoms with E-state index >= 15 is 0 Å². The van der Waals surface area contributed by atoms with Crippen LogP contribution in [0.4, 0.5) is 0 Å². The van der Waals surface area contributed by atoms with E-state index < -0.39 is 0 Å². The van der Waals surface area contributed by atoms with Gasteiger partial charge in [-0.05, 0) is 68.2 Å². The summed E-state index contributed by atoms with van der Waals surface area (Å²) in [6.07, 6.45) is 5.35. The Bertz CT molecular complexity index is 362. The quantitative estimate of drug-likeness (QED) is 0.728. The van der Waals surface area contributed by atoms with Crippen LogP contribution in [0.2, 0.25) is 0 Å². The standard InChI is InChI=1S/C14H23BrN2S/c1-11(4-3-7-16-13-5-6-13)17(2)9-14-8-12(15)10-18-14/h8,10-11,13,16H,3-7,9H2,1-2H3. The molecule has 4 heteroatoms. The number of hydrogen-bond donors (Lipinski definition) is 1. The molecule has 1 fully saturated rings. The number of rotatable bonds is 8. The Hall–Kier alpha value is 0.1000. The maximum atomic E-state index is 3.58. The SMILES string of the molecule is CC(CCCNC1CC1)N(C)Cc1cc(Br)cs1. The van der Waals surface area contributed by atoms with Crippen LogP contribution < -0.4 is 5.32 Å². The summed E-state index contributed by atoms with van der Waals surface area (Å²) in [4.78, 5) is 3.89. The maximum absolute atomic E-state index is 3.58. The van der Waals surface area contributed by atoms with Gasteiger partial charge in [0.1, 0.15) is 0 Å². The lowest BCUT2D eigenvalue weighted by Gasteiger charge is -2.24. The number of thiophene rings is 1. The number of halogens is 1. The van der Waals surface area contributed by atoms with Crippen molar-refractivity contribution in [2.24, 2.45) is 0 Å². The predicted octanol–water partition coefficient (Wildman–Crippen LogP) is 3.86. The van der Waals surface area contributed by atoms with Gasteiger partial charge in [-0.1, -0.05) is 0 Å². The van der Waals surface area contributed by atoms with Crippen molar-refractivity contribution < 1.29 is 0 Å². The van der Waals surface area contributed by atoms with Crippen molar-refractivity contribution in [3.8, 4) is 0 Å². The van der Waals surface area contributed by atoms with E-state index in [9.17, 15) is 0 Å². The normalized spacial score (nSPS) is 17.3. The summed E-state index contributed by atoms with van der Waals surface area (Å²) in [5.74, 6) is 0. The Labute approximate surface area is 123 Å². The first-order chi connectivity index (χ1) is 8.65. The molecule has 18 heavy (non-hydrogen) atoms. The molecular weight excluding hydrogens is 308 g/mol. The van der Waals surface area contributed by atoms with Gasteiger partial charge in [-0.2, -0.15) is 0 Å². The van der Waals surface area contributed by atoms with E-state index in [0.717, 1.165) is 12.6 Å². The second-order valence-electron chi connectivity index (χ2n) is 5.37. The van der Waals surface area contributed by atoms with E-state index in [1.54, 1.807) is 0 Å². The van der Waals surface area contributed by atoms with E-state index in [0.29, 0.717) is 6.04 Å². The van der Waals surface area contributed by atoms with Crippen LogP contribution in [0.15, 0.2) is 15.9 Å². The fourth-order valence-corrected chi connectivity index (χ4v) is 3.56. The molecule has 1 unspecified atom stereocenters. The molecule has 0 aromatic carbocycles. The first kappa shape index (κ1) is 14.5. The summed E-state index contributed by atoms with van der Waals surface area (Å²) in [5, 5.41) is 5.74. The van der Waals surface area contributed by atoms with Crippen LogP contribution in [0.25, 0.3) is 0 Å². The molecule has 2 rings (SSSR count). The average Bonchev–Trinajstić information content (AvgIpc) is 3.08. The van der Waals surface area contributed by atoms with Crippen molar-refractivity contribution >= 4 is 27.3 Å². The van der Waals surface area contributed by atoms with E-state index in [4.69, 9.17) is 0 Å². The fourth-order valence-electron chi connectivity index (χ4n) is 2.05. The Morgan fingerprint density at radius 1 is 1.56 bits per heavy atom. The van der Waals surface area contributed by atoms with Gasteiger partial charge in [-0.25, -0.2) is 0 Å².